The van der Waals surface area contributed by atoms with Crippen LogP contribution in [0.15, 0.2) is 24.5 Å². The molecule has 1 aromatic rings. The third kappa shape index (κ3) is 5.71. The van der Waals surface area contributed by atoms with Crippen LogP contribution in [0.25, 0.3) is 0 Å². The summed E-state index contributed by atoms with van der Waals surface area (Å²) in [5.74, 6) is 0.285. The van der Waals surface area contributed by atoms with Gasteiger partial charge in [-0.05, 0) is 30.5 Å². The molecule has 1 aromatic heterocycles. The molecule has 22 heavy (non-hydrogen) atoms. The van der Waals surface area contributed by atoms with Crippen molar-refractivity contribution < 1.29 is 9.59 Å². The van der Waals surface area contributed by atoms with Crippen LogP contribution in [0.5, 0.6) is 0 Å². The maximum Gasteiger partial charge on any atom is 0.315 e. The van der Waals surface area contributed by atoms with Crippen LogP contribution in [-0.4, -0.2) is 30.0 Å². The highest BCUT2D eigenvalue weighted by Gasteiger charge is 2.20. The predicted molar refractivity (Wildman–Crippen MR) is 84.1 cm³/mol. The van der Waals surface area contributed by atoms with E-state index in [9.17, 15) is 9.59 Å². The zero-order valence-corrected chi connectivity index (χ0v) is 12.8. The molecule has 1 fully saturated rings. The van der Waals surface area contributed by atoms with Gasteiger partial charge in [-0.1, -0.05) is 19.3 Å². The molecule has 0 bridgehead atoms. The molecule has 0 saturated heterocycles. The Morgan fingerprint density at radius 2 is 1.68 bits per heavy atom. The first-order chi connectivity index (χ1) is 10.8. The standard InChI is InChI=1S/C16H24N4O2/c21-15(14-4-2-1-3-5-14)18-10-11-19-16(22)20-12-13-6-8-17-9-7-13/h6-9,14H,1-5,10-12H2,(H,18,21)(H2,19,20,22). The summed E-state index contributed by atoms with van der Waals surface area (Å²) < 4.78 is 0. The number of hydrogen-bond donors (Lipinski definition) is 3. The number of aromatic nitrogens is 1. The molecule has 6 heteroatoms. The van der Waals surface area contributed by atoms with Crippen molar-refractivity contribution in [1.29, 1.82) is 0 Å². The molecule has 120 valence electrons. The van der Waals surface area contributed by atoms with Crippen molar-refractivity contribution in [2.45, 2.75) is 38.6 Å². The van der Waals surface area contributed by atoms with E-state index in [4.69, 9.17) is 0 Å². The monoisotopic (exact) mass is 304 g/mol. The number of amides is 3. The van der Waals surface area contributed by atoms with E-state index in [1.807, 2.05) is 12.1 Å². The summed E-state index contributed by atoms with van der Waals surface area (Å²) in [5.41, 5.74) is 0.996. The summed E-state index contributed by atoms with van der Waals surface area (Å²) in [6.45, 7) is 1.36. The number of rotatable bonds is 6. The van der Waals surface area contributed by atoms with Crippen LogP contribution in [0.3, 0.4) is 0 Å². The molecule has 3 N–H and O–H groups in total. The third-order valence-corrected chi connectivity index (χ3v) is 3.89. The minimum Gasteiger partial charge on any atom is -0.354 e. The lowest BCUT2D eigenvalue weighted by atomic mass is 9.89. The zero-order valence-electron chi connectivity index (χ0n) is 12.8. The summed E-state index contributed by atoms with van der Waals surface area (Å²) in [5, 5.41) is 8.38. The first-order valence-corrected chi connectivity index (χ1v) is 7.94. The molecule has 0 spiro atoms. The highest BCUT2D eigenvalue weighted by Crippen LogP contribution is 2.23. The van der Waals surface area contributed by atoms with Crippen LogP contribution in [-0.2, 0) is 11.3 Å². The van der Waals surface area contributed by atoms with Gasteiger partial charge in [0.1, 0.15) is 0 Å². The fraction of sp³-hybridized carbons (Fsp3) is 0.562. The summed E-state index contributed by atoms with van der Waals surface area (Å²) in [6, 6.07) is 3.47. The van der Waals surface area contributed by atoms with Gasteiger partial charge >= 0.3 is 6.03 Å². The lowest BCUT2D eigenvalue weighted by Crippen LogP contribution is -2.41. The Kier molecular flexibility index (Phi) is 6.67. The Morgan fingerprint density at radius 1 is 1.00 bits per heavy atom. The van der Waals surface area contributed by atoms with Gasteiger partial charge in [-0.3, -0.25) is 9.78 Å². The van der Waals surface area contributed by atoms with E-state index in [1.54, 1.807) is 12.4 Å². The van der Waals surface area contributed by atoms with Crippen LogP contribution in [0, 0.1) is 5.92 Å². The minimum absolute atomic E-state index is 0.124. The number of nitrogens with one attached hydrogen (secondary N) is 3. The Labute approximate surface area is 131 Å². The van der Waals surface area contributed by atoms with Gasteiger partial charge in [0.25, 0.3) is 0 Å². The molecule has 2 rings (SSSR count). The van der Waals surface area contributed by atoms with Crippen LogP contribution in [0.2, 0.25) is 0 Å². The SMILES string of the molecule is O=C(NCCNC(=O)C1CCCCC1)NCc1ccncc1. The second kappa shape index (κ2) is 9.02. The van der Waals surface area contributed by atoms with Crippen molar-refractivity contribution in [2.75, 3.05) is 13.1 Å². The Bertz CT molecular complexity index is 472. The average Bonchev–Trinajstić information content (AvgIpc) is 2.58. The van der Waals surface area contributed by atoms with Gasteiger partial charge in [-0.2, -0.15) is 0 Å². The smallest absolute Gasteiger partial charge is 0.315 e. The van der Waals surface area contributed by atoms with Crippen LogP contribution >= 0.6 is 0 Å². The highest BCUT2D eigenvalue weighted by atomic mass is 16.2. The number of nitrogens with zero attached hydrogens (tertiary/aromatic N) is 1. The Hall–Kier alpha value is -2.11. The van der Waals surface area contributed by atoms with E-state index in [1.165, 1.54) is 6.42 Å². The topological polar surface area (TPSA) is 83.1 Å². The van der Waals surface area contributed by atoms with Crippen molar-refractivity contribution in [3.05, 3.63) is 30.1 Å². The molecule has 1 saturated carbocycles. The van der Waals surface area contributed by atoms with Gasteiger partial charge in [0.05, 0.1) is 0 Å². The van der Waals surface area contributed by atoms with Crippen LogP contribution in [0.1, 0.15) is 37.7 Å². The summed E-state index contributed by atoms with van der Waals surface area (Å²) in [6.07, 6.45) is 8.90. The fourth-order valence-corrected chi connectivity index (χ4v) is 2.62. The Morgan fingerprint density at radius 3 is 2.41 bits per heavy atom. The van der Waals surface area contributed by atoms with Gasteiger partial charge < -0.3 is 16.0 Å². The summed E-state index contributed by atoms with van der Waals surface area (Å²) >= 11 is 0. The van der Waals surface area contributed by atoms with E-state index in [-0.39, 0.29) is 17.9 Å². The summed E-state index contributed by atoms with van der Waals surface area (Å²) in [4.78, 5) is 27.4. The van der Waals surface area contributed by atoms with Gasteiger partial charge in [0.2, 0.25) is 5.91 Å². The normalized spacial score (nSPS) is 15.1. The van der Waals surface area contributed by atoms with Crippen LogP contribution < -0.4 is 16.0 Å². The third-order valence-electron chi connectivity index (χ3n) is 3.89. The fourth-order valence-electron chi connectivity index (χ4n) is 2.62. The molecule has 6 nitrogen and oxygen atoms in total. The second-order valence-corrected chi connectivity index (χ2v) is 5.59. The molecule has 0 aromatic carbocycles. The van der Waals surface area contributed by atoms with E-state index < -0.39 is 0 Å². The van der Waals surface area contributed by atoms with Gasteiger partial charge in [0, 0.05) is 37.9 Å². The molecule has 1 heterocycles. The molecular formula is C16H24N4O2. The summed E-state index contributed by atoms with van der Waals surface area (Å²) in [7, 11) is 0. The largest absolute Gasteiger partial charge is 0.354 e. The number of urea groups is 1. The lowest BCUT2D eigenvalue weighted by Gasteiger charge is -2.20. The first-order valence-electron chi connectivity index (χ1n) is 7.94. The van der Waals surface area contributed by atoms with Crippen molar-refractivity contribution in [3.63, 3.8) is 0 Å². The van der Waals surface area contributed by atoms with Crippen molar-refractivity contribution in [2.24, 2.45) is 5.92 Å². The van der Waals surface area contributed by atoms with Crippen molar-refractivity contribution in [3.8, 4) is 0 Å². The second-order valence-electron chi connectivity index (χ2n) is 5.59. The van der Waals surface area contributed by atoms with Crippen molar-refractivity contribution in [1.82, 2.24) is 20.9 Å². The van der Waals surface area contributed by atoms with Gasteiger partial charge in [0.15, 0.2) is 0 Å². The molecule has 0 unspecified atom stereocenters. The van der Waals surface area contributed by atoms with Crippen molar-refractivity contribution >= 4 is 11.9 Å². The first kappa shape index (κ1) is 16.3. The number of hydrogen-bond acceptors (Lipinski definition) is 3. The number of carbonyl (C=O) groups excluding carboxylic acids is 2. The predicted octanol–water partition coefficient (Wildman–Crippen LogP) is 1.58. The molecule has 1 aliphatic carbocycles. The van der Waals surface area contributed by atoms with Gasteiger partial charge in [-0.15, -0.1) is 0 Å². The molecule has 3 amide bonds. The quantitative estimate of drug-likeness (QED) is 0.698. The molecule has 1 aliphatic rings. The van der Waals surface area contributed by atoms with E-state index in [2.05, 4.69) is 20.9 Å². The maximum atomic E-state index is 11.9. The van der Waals surface area contributed by atoms with E-state index in [0.29, 0.717) is 19.6 Å². The molecule has 0 atom stereocenters. The molecule has 0 aliphatic heterocycles. The highest BCUT2D eigenvalue weighted by molar-refractivity contribution is 5.78. The molecular weight excluding hydrogens is 280 g/mol. The Balaban J connectivity index is 1.54. The lowest BCUT2D eigenvalue weighted by molar-refractivity contribution is -0.125. The van der Waals surface area contributed by atoms with Crippen LogP contribution in [0.4, 0.5) is 4.79 Å². The maximum absolute atomic E-state index is 11.9. The van der Waals surface area contributed by atoms with E-state index >= 15 is 0 Å². The minimum atomic E-state index is -0.233. The number of pyridine rings is 1. The molecule has 0 radical (unpaired) electrons. The average molecular weight is 304 g/mol. The van der Waals surface area contributed by atoms with E-state index in [0.717, 1.165) is 31.2 Å². The number of carbonyl (C=O) groups is 2. The zero-order chi connectivity index (χ0) is 15.6. The van der Waals surface area contributed by atoms with Gasteiger partial charge in [-0.25, -0.2) is 4.79 Å².